The normalized spacial score (nSPS) is 14.3. The predicted molar refractivity (Wildman–Crippen MR) is 76.9 cm³/mol. The van der Waals surface area contributed by atoms with Gasteiger partial charge in [-0.15, -0.1) is 11.8 Å². The van der Waals surface area contributed by atoms with Crippen LogP contribution in [0.25, 0.3) is 0 Å². The molecule has 1 aliphatic heterocycles. The fraction of sp³-hybridized carbons (Fsp3) is 0.214. The number of thioether (sulfide) groups is 1. The van der Waals surface area contributed by atoms with Crippen LogP contribution in [0.5, 0.6) is 0 Å². The molecule has 2 aromatic rings. The van der Waals surface area contributed by atoms with Gasteiger partial charge in [-0.3, -0.25) is 4.98 Å². The second-order valence-corrected chi connectivity index (χ2v) is 5.50. The smallest absolute Gasteiger partial charge is 0.0528 e. The van der Waals surface area contributed by atoms with Gasteiger partial charge in [0.2, 0.25) is 0 Å². The number of nitrogens with two attached hydrogens (primary N) is 1. The third-order valence-corrected chi connectivity index (χ3v) is 4.08. The van der Waals surface area contributed by atoms with Crippen LogP contribution in [0.4, 0.5) is 11.4 Å². The summed E-state index contributed by atoms with van der Waals surface area (Å²) in [5.41, 5.74) is 9.20. The summed E-state index contributed by atoms with van der Waals surface area (Å²) in [6, 6.07) is 10.2. The molecule has 0 bridgehead atoms. The van der Waals surface area contributed by atoms with Crippen LogP contribution in [0.3, 0.4) is 0 Å². The molecule has 3 rings (SSSR count). The highest BCUT2D eigenvalue weighted by Gasteiger charge is 2.17. The van der Waals surface area contributed by atoms with Gasteiger partial charge in [0.1, 0.15) is 0 Å². The summed E-state index contributed by atoms with van der Waals surface area (Å²) < 4.78 is 0. The lowest BCUT2D eigenvalue weighted by Crippen LogP contribution is -2.28. The van der Waals surface area contributed by atoms with E-state index in [0.29, 0.717) is 0 Å². The Labute approximate surface area is 111 Å². The summed E-state index contributed by atoms with van der Waals surface area (Å²) in [5.74, 6) is 1.12. The molecule has 1 aromatic heterocycles. The van der Waals surface area contributed by atoms with Gasteiger partial charge in [-0.25, -0.2) is 0 Å². The molecule has 1 aromatic carbocycles. The van der Waals surface area contributed by atoms with Gasteiger partial charge in [0.05, 0.1) is 5.69 Å². The fourth-order valence-corrected chi connectivity index (χ4v) is 3.20. The molecule has 0 unspecified atom stereocenters. The van der Waals surface area contributed by atoms with Crippen molar-refractivity contribution >= 4 is 23.1 Å². The van der Waals surface area contributed by atoms with E-state index in [4.69, 9.17) is 5.73 Å². The summed E-state index contributed by atoms with van der Waals surface area (Å²) in [7, 11) is 0. The number of fused-ring (bicyclic) bond motifs is 1. The second-order valence-electron chi connectivity index (χ2n) is 4.36. The van der Waals surface area contributed by atoms with E-state index < -0.39 is 0 Å². The maximum absolute atomic E-state index is 5.89. The Morgan fingerprint density at radius 2 is 2.28 bits per heavy atom. The van der Waals surface area contributed by atoms with Crippen LogP contribution in [0.2, 0.25) is 0 Å². The summed E-state index contributed by atoms with van der Waals surface area (Å²) in [5, 5.41) is 0. The minimum Gasteiger partial charge on any atom is -0.399 e. The van der Waals surface area contributed by atoms with Crippen LogP contribution in [-0.2, 0) is 6.54 Å². The highest BCUT2D eigenvalue weighted by atomic mass is 32.2. The van der Waals surface area contributed by atoms with Gasteiger partial charge in [-0.1, -0.05) is 6.07 Å². The first-order chi connectivity index (χ1) is 8.83. The van der Waals surface area contributed by atoms with Crippen molar-refractivity contribution in [1.82, 2.24) is 4.98 Å². The number of hydrogen-bond acceptors (Lipinski definition) is 4. The van der Waals surface area contributed by atoms with E-state index in [2.05, 4.69) is 28.1 Å². The first-order valence-electron chi connectivity index (χ1n) is 5.99. The zero-order valence-electron chi connectivity index (χ0n) is 10.0. The molecule has 2 N–H and O–H groups in total. The van der Waals surface area contributed by atoms with E-state index in [1.165, 1.54) is 16.1 Å². The van der Waals surface area contributed by atoms with Gasteiger partial charge >= 0.3 is 0 Å². The molecule has 3 nitrogen and oxygen atoms in total. The summed E-state index contributed by atoms with van der Waals surface area (Å²) in [6.45, 7) is 1.95. The van der Waals surface area contributed by atoms with Crippen molar-refractivity contribution in [2.45, 2.75) is 11.4 Å². The molecule has 0 saturated heterocycles. The number of benzene rings is 1. The molecule has 0 atom stereocenters. The van der Waals surface area contributed by atoms with Crippen molar-refractivity contribution in [3.05, 3.63) is 48.3 Å². The third-order valence-electron chi connectivity index (χ3n) is 3.04. The monoisotopic (exact) mass is 257 g/mol. The lowest BCUT2D eigenvalue weighted by Gasteiger charge is -2.31. The molecule has 0 amide bonds. The Hall–Kier alpha value is -1.68. The van der Waals surface area contributed by atoms with Crippen LogP contribution >= 0.6 is 11.8 Å². The Bertz CT molecular complexity index is 542. The van der Waals surface area contributed by atoms with Crippen LogP contribution in [0.15, 0.2) is 47.6 Å². The van der Waals surface area contributed by atoms with Crippen LogP contribution < -0.4 is 10.6 Å². The van der Waals surface area contributed by atoms with Crippen molar-refractivity contribution in [2.75, 3.05) is 22.9 Å². The van der Waals surface area contributed by atoms with Crippen molar-refractivity contribution in [3.8, 4) is 0 Å². The average Bonchev–Trinajstić information content (AvgIpc) is 2.41. The first-order valence-corrected chi connectivity index (χ1v) is 6.98. The molecular weight excluding hydrogens is 242 g/mol. The Morgan fingerprint density at radius 1 is 1.33 bits per heavy atom. The molecular formula is C14H15N3S. The molecule has 92 valence electrons. The van der Waals surface area contributed by atoms with E-state index in [9.17, 15) is 0 Å². The van der Waals surface area contributed by atoms with Gasteiger partial charge in [0.15, 0.2) is 0 Å². The SMILES string of the molecule is Nc1ccc2c(c1)N(Cc1cccnc1)CCS2. The van der Waals surface area contributed by atoms with E-state index >= 15 is 0 Å². The number of nitrogens with zero attached hydrogens (tertiary/aromatic N) is 2. The minimum absolute atomic E-state index is 0.826. The van der Waals surface area contributed by atoms with Gasteiger partial charge in [-0.2, -0.15) is 0 Å². The average molecular weight is 257 g/mol. The molecule has 0 saturated carbocycles. The van der Waals surface area contributed by atoms with Crippen LogP contribution in [0, 0.1) is 0 Å². The molecule has 0 fully saturated rings. The van der Waals surface area contributed by atoms with Gasteiger partial charge < -0.3 is 10.6 Å². The van der Waals surface area contributed by atoms with Crippen LogP contribution in [0.1, 0.15) is 5.56 Å². The van der Waals surface area contributed by atoms with Crippen LogP contribution in [-0.4, -0.2) is 17.3 Å². The summed E-state index contributed by atoms with van der Waals surface area (Å²) >= 11 is 1.90. The standard InChI is InChI=1S/C14H15N3S/c15-12-3-4-14-13(8-12)17(6-7-18-14)10-11-2-1-5-16-9-11/h1-5,8-9H,6-7,10,15H2. The molecule has 4 heteroatoms. The van der Waals surface area contributed by atoms with Crippen molar-refractivity contribution in [2.24, 2.45) is 0 Å². The van der Waals surface area contributed by atoms with Crippen molar-refractivity contribution in [1.29, 1.82) is 0 Å². The van der Waals surface area contributed by atoms with Crippen molar-refractivity contribution < 1.29 is 0 Å². The Kier molecular flexibility index (Phi) is 3.11. The second kappa shape index (κ2) is 4.90. The zero-order valence-corrected chi connectivity index (χ0v) is 10.9. The maximum atomic E-state index is 5.89. The largest absolute Gasteiger partial charge is 0.399 e. The van der Waals surface area contributed by atoms with Crippen molar-refractivity contribution in [3.63, 3.8) is 0 Å². The number of nitrogen functional groups attached to an aromatic ring is 1. The number of pyridine rings is 1. The van der Waals surface area contributed by atoms with Gasteiger partial charge in [0, 0.05) is 41.8 Å². The maximum Gasteiger partial charge on any atom is 0.0528 e. The molecule has 0 spiro atoms. The Morgan fingerprint density at radius 3 is 3.11 bits per heavy atom. The lowest BCUT2D eigenvalue weighted by atomic mass is 10.2. The third kappa shape index (κ3) is 2.29. The molecule has 2 heterocycles. The number of rotatable bonds is 2. The van der Waals surface area contributed by atoms with E-state index in [1.54, 1.807) is 0 Å². The van der Waals surface area contributed by atoms with E-state index in [0.717, 1.165) is 24.5 Å². The Balaban J connectivity index is 1.89. The van der Waals surface area contributed by atoms with Gasteiger partial charge in [0.25, 0.3) is 0 Å². The van der Waals surface area contributed by atoms with E-state index in [-0.39, 0.29) is 0 Å². The molecule has 1 aliphatic rings. The quantitative estimate of drug-likeness (QED) is 0.840. The minimum atomic E-state index is 0.826. The number of anilines is 2. The highest BCUT2D eigenvalue weighted by Crippen LogP contribution is 2.36. The molecule has 18 heavy (non-hydrogen) atoms. The lowest BCUT2D eigenvalue weighted by molar-refractivity contribution is 0.814. The molecule has 0 aliphatic carbocycles. The predicted octanol–water partition coefficient (Wildman–Crippen LogP) is 2.78. The first kappa shape index (κ1) is 11.4. The fourth-order valence-electron chi connectivity index (χ4n) is 2.17. The van der Waals surface area contributed by atoms with E-state index in [1.807, 2.05) is 36.3 Å². The number of aromatic nitrogens is 1. The highest BCUT2D eigenvalue weighted by molar-refractivity contribution is 7.99. The van der Waals surface area contributed by atoms with Gasteiger partial charge in [-0.05, 0) is 29.8 Å². The summed E-state index contributed by atoms with van der Waals surface area (Å²) in [4.78, 5) is 7.86. The summed E-state index contributed by atoms with van der Waals surface area (Å²) in [6.07, 6.45) is 3.73. The molecule has 0 radical (unpaired) electrons. The number of hydrogen-bond donors (Lipinski definition) is 1. The zero-order chi connectivity index (χ0) is 12.4. The topological polar surface area (TPSA) is 42.1 Å².